The van der Waals surface area contributed by atoms with Crippen LogP contribution in [0.1, 0.15) is 36.5 Å². The molecule has 0 aliphatic heterocycles. The van der Waals surface area contributed by atoms with Crippen LogP contribution in [0.3, 0.4) is 0 Å². The quantitative estimate of drug-likeness (QED) is 0.884. The van der Waals surface area contributed by atoms with Crippen molar-refractivity contribution in [2.75, 3.05) is 5.73 Å². The fourth-order valence-electron chi connectivity index (χ4n) is 2.09. The van der Waals surface area contributed by atoms with Crippen molar-refractivity contribution in [2.45, 2.75) is 39.8 Å². The molecule has 1 heterocycles. The van der Waals surface area contributed by atoms with E-state index in [2.05, 4.69) is 18.1 Å². The number of hydrogen-bond acceptors (Lipinski definition) is 4. The lowest BCUT2D eigenvalue weighted by Crippen LogP contribution is -2.05. The van der Waals surface area contributed by atoms with Gasteiger partial charge in [-0.15, -0.1) is 5.10 Å². The molecular formula is C16H20N4O. The first-order valence-corrected chi connectivity index (χ1v) is 7.10. The molecule has 5 nitrogen and oxygen atoms in total. The number of nitrogen functional groups attached to an aromatic ring is 1. The summed E-state index contributed by atoms with van der Waals surface area (Å²) in [6.07, 6.45) is 2.01. The minimum absolute atomic E-state index is 0.313. The van der Waals surface area contributed by atoms with Gasteiger partial charge in [0.15, 0.2) is 5.56 Å². The van der Waals surface area contributed by atoms with Gasteiger partial charge < -0.3 is 10.5 Å². The zero-order valence-corrected chi connectivity index (χ0v) is 12.5. The summed E-state index contributed by atoms with van der Waals surface area (Å²) < 4.78 is 7.32. The molecule has 0 aliphatic rings. The fourth-order valence-corrected chi connectivity index (χ4v) is 2.09. The molecule has 1 aromatic carbocycles. The summed E-state index contributed by atoms with van der Waals surface area (Å²) in [6, 6.07) is 10.1. The molecule has 2 aromatic rings. The maximum absolute atomic E-state index is 9.22. The van der Waals surface area contributed by atoms with E-state index in [1.165, 1.54) is 5.56 Å². The molecule has 0 aliphatic carbocycles. The van der Waals surface area contributed by atoms with Crippen LogP contribution in [0, 0.1) is 18.3 Å². The minimum atomic E-state index is 0.313. The maximum atomic E-state index is 9.22. The Kier molecular flexibility index (Phi) is 4.83. The van der Waals surface area contributed by atoms with Crippen molar-refractivity contribution >= 4 is 5.82 Å². The average Bonchev–Trinajstić information content (AvgIpc) is 2.78. The summed E-state index contributed by atoms with van der Waals surface area (Å²) >= 11 is 0. The average molecular weight is 284 g/mol. The SMILES string of the molecule is CCCCn1nc(OCc2cccc(C)c2)c(C#N)c1N. The van der Waals surface area contributed by atoms with Gasteiger partial charge in [0.1, 0.15) is 18.5 Å². The summed E-state index contributed by atoms with van der Waals surface area (Å²) in [5.41, 5.74) is 8.48. The van der Waals surface area contributed by atoms with Crippen LogP contribution < -0.4 is 10.5 Å². The number of aryl methyl sites for hydroxylation is 2. The van der Waals surface area contributed by atoms with Crippen molar-refractivity contribution in [3.8, 4) is 11.9 Å². The monoisotopic (exact) mass is 284 g/mol. The van der Waals surface area contributed by atoms with E-state index < -0.39 is 0 Å². The summed E-state index contributed by atoms with van der Waals surface area (Å²) in [4.78, 5) is 0. The molecule has 0 spiro atoms. The first-order valence-electron chi connectivity index (χ1n) is 7.10. The van der Waals surface area contributed by atoms with Gasteiger partial charge in [-0.2, -0.15) is 5.26 Å². The van der Waals surface area contributed by atoms with Crippen molar-refractivity contribution in [3.63, 3.8) is 0 Å². The Morgan fingerprint density at radius 2 is 2.24 bits per heavy atom. The number of hydrogen-bond donors (Lipinski definition) is 1. The topological polar surface area (TPSA) is 76.9 Å². The van der Waals surface area contributed by atoms with Crippen LogP contribution in [0.2, 0.25) is 0 Å². The fraction of sp³-hybridized carbons (Fsp3) is 0.375. The van der Waals surface area contributed by atoms with Crippen LogP contribution in [0.4, 0.5) is 5.82 Å². The molecule has 110 valence electrons. The van der Waals surface area contributed by atoms with E-state index in [1.54, 1.807) is 4.68 Å². The first-order chi connectivity index (χ1) is 10.2. The predicted molar refractivity (Wildman–Crippen MR) is 81.8 cm³/mol. The summed E-state index contributed by atoms with van der Waals surface area (Å²) in [5.74, 6) is 0.692. The zero-order chi connectivity index (χ0) is 15.2. The molecule has 5 heteroatoms. The molecule has 0 amide bonds. The molecule has 0 bridgehead atoms. The third kappa shape index (κ3) is 3.54. The Morgan fingerprint density at radius 1 is 1.43 bits per heavy atom. The van der Waals surface area contributed by atoms with Crippen LogP contribution >= 0.6 is 0 Å². The predicted octanol–water partition coefficient (Wildman–Crippen LogP) is 3.02. The molecule has 2 rings (SSSR count). The Hall–Kier alpha value is -2.48. The second-order valence-electron chi connectivity index (χ2n) is 5.03. The van der Waals surface area contributed by atoms with Crippen molar-refractivity contribution in [1.29, 1.82) is 5.26 Å². The number of benzene rings is 1. The largest absolute Gasteiger partial charge is 0.471 e. The van der Waals surface area contributed by atoms with Crippen LogP contribution in [0.25, 0.3) is 0 Å². The van der Waals surface area contributed by atoms with Gasteiger partial charge in [0.25, 0.3) is 5.88 Å². The lowest BCUT2D eigenvalue weighted by molar-refractivity contribution is 0.288. The number of nitrogens with two attached hydrogens (primary N) is 1. The Bertz CT molecular complexity index is 655. The van der Waals surface area contributed by atoms with E-state index in [1.807, 2.05) is 31.2 Å². The van der Waals surface area contributed by atoms with E-state index in [-0.39, 0.29) is 0 Å². The second-order valence-corrected chi connectivity index (χ2v) is 5.03. The maximum Gasteiger partial charge on any atom is 0.253 e. The van der Waals surface area contributed by atoms with Crippen LogP contribution in [-0.2, 0) is 13.2 Å². The van der Waals surface area contributed by atoms with Crippen molar-refractivity contribution in [2.24, 2.45) is 0 Å². The normalized spacial score (nSPS) is 10.3. The highest BCUT2D eigenvalue weighted by atomic mass is 16.5. The van der Waals surface area contributed by atoms with Gasteiger partial charge in [-0.05, 0) is 18.9 Å². The zero-order valence-electron chi connectivity index (χ0n) is 12.5. The molecule has 0 saturated heterocycles. The van der Waals surface area contributed by atoms with Crippen molar-refractivity contribution in [3.05, 3.63) is 41.0 Å². The van der Waals surface area contributed by atoms with E-state index in [0.717, 1.165) is 18.4 Å². The van der Waals surface area contributed by atoms with Crippen molar-refractivity contribution in [1.82, 2.24) is 9.78 Å². The Balaban J connectivity index is 2.14. The Labute approximate surface area is 124 Å². The molecule has 2 N–H and O–H groups in total. The minimum Gasteiger partial charge on any atom is -0.471 e. The van der Waals surface area contributed by atoms with Crippen LogP contribution in [-0.4, -0.2) is 9.78 Å². The van der Waals surface area contributed by atoms with Gasteiger partial charge in [0.05, 0.1) is 0 Å². The third-order valence-electron chi connectivity index (χ3n) is 3.25. The number of anilines is 1. The van der Waals surface area contributed by atoms with E-state index >= 15 is 0 Å². The van der Waals surface area contributed by atoms with Gasteiger partial charge in [-0.1, -0.05) is 43.2 Å². The second kappa shape index (κ2) is 6.80. The lowest BCUT2D eigenvalue weighted by atomic mass is 10.1. The number of ether oxygens (including phenoxy) is 1. The van der Waals surface area contributed by atoms with Gasteiger partial charge >= 0.3 is 0 Å². The molecule has 21 heavy (non-hydrogen) atoms. The molecule has 0 saturated carbocycles. The number of nitrogens with zero attached hydrogens (tertiary/aromatic N) is 3. The van der Waals surface area contributed by atoms with Crippen LogP contribution in [0.5, 0.6) is 5.88 Å². The highest BCUT2D eigenvalue weighted by Gasteiger charge is 2.16. The number of nitriles is 1. The van der Waals surface area contributed by atoms with E-state index in [0.29, 0.717) is 30.4 Å². The number of aromatic nitrogens is 2. The molecule has 0 radical (unpaired) electrons. The van der Waals surface area contributed by atoms with Crippen molar-refractivity contribution < 1.29 is 4.74 Å². The number of unbranched alkanes of at least 4 members (excludes halogenated alkanes) is 1. The summed E-state index contributed by atoms with van der Waals surface area (Å²) in [6.45, 7) is 5.20. The molecule has 0 fully saturated rings. The van der Waals surface area contributed by atoms with E-state index in [9.17, 15) is 5.26 Å². The highest BCUT2D eigenvalue weighted by Crippen LogP contribution is 2.24. The number of rotatable bonds is 6. The third-order valence-corrected chi connectivity index (χ3v) is 3.25. The van der Waals surface area contributed by atoms with Gasteiger partial charge in [0.2, 0.25) is 0 Å². The van der Waals surface area contributed by atoms with Gasteiger partial charge in [-0.3, -0.25) is 0 Å². The highest BCUT2D eigenvalue weighted by molar-refractivity contribution is 5.55. The van der Waals surface area contributed by atoms with Gasteiger partial charge in [-0.25, -0.2) is 4.68 Å². The van der Waals surface area contributed by atoms with Crippen LogP contribution in [0.15, 0.2) is 24.3 Å². The molecular weight excluding hydrogens is 264 g/mol. The Morgan fingerprint density at radius 3 is 2.90 bits per heavy atom. The molecule has 0 unspecified atom stereocenters. The van der Waals surface area contributed by atoms with E-state index in [4.69, 9.17) is 10.5 Å². The van der Waals surface area contributed by atoms with Gasteiger partial charge in [0, 0.05) is 6.54 Å². The summed E-state index contributed by atoms with van der Waals surface area (Å²) in [5, 5.41) is 13.5. The molecule has 0 atom stereocenters. The smallest absolute Gasteiger partial charge is 0.253 e. The lowest BCUT2D eigenvalue weighted by Gasteiger charge is -2.04. The standard InChI is InChI=1S/C16H20N4O/c1-3-4-8-20-15(18)14(10-17)16(19-20)21-11-13-7-5-6-12(2)9-13/h5-7,9H,3-4,8,11,18H2,1-2H3. The summed E-state index contributed by atoms with van der Waals surface area (Å²) in [7, 11) is 0. The molecule has 1 aromatic heterocycles. The first kappa shape index (κ1) is 14.9.